The lowest BCUT2D eigenvalue weighted by atomic mass is 10.1. The molecule has 0 aliphatic heterocycles. The maximum absolute atomic E-state index is 12.0. The van der Waals surface area contributed by atoms with Crippen LogP contribution in [0.2, 0.25) is 0 Å². The fraction of sp³-hybridized carbons (Fsp3) is 0.312. The molecule has 1 aromatic heterocycles. The van der Waals surface area contributed by atoms with Gasteiger partial charge in [-0.1, -0.05) is 25.1 Å². The van der Waals surface area contributed by atoms with E-state index in [0.717, 1.165) is 10.7 Å². The highest BCUT2D eigenvalue weighted by Crippen LogP contribution is 2.24. The van der Waals surface area contributed by atoms with Gasteiger partial charge in [0, 0.05) is 24.9 Å². The fourth-order valence-electron chi connectivity index (χ4n) is 1.98. The van der Waals surface area contributed by atoms with Crippen LogP contribution in [0, 0.1) is 6.92 Å². The minimum absolute atomic E-state index is 0.0387. The topological polar surface area (TPSA) is 59.1 Å². The van der Waals surface area contributed by atoms with Crippen molar-refractivity contribution >= 4 is 23.0 Å². The molecule has 0 radical (unpaired) electrons. The zero-order valence-corrected chi connectivity index (χ0v) is 13.2. The van der Waals surface area contributed by atoms with E-state index in [1.807, 2.05) is 32.0 Å². The van der Waals surface area contributed by atoms with E-state index in [9.17, 15) is 9.59 Å². The van der Waals surface area contributed by atoms with Crippen LogP contribution < -0.4 is 5.32 Å². The Bertz CT molecular complexity index is 650. The van der Waals surface area contributed by atoms with Crippen molar-refractivity contribution in [2.24, 2.45) is 0 Å². The largest absolute Gasteiger partial charge is 0.351 e. The number of Topliss-reactive ketones (excluding diaryl/α,β-unsaturated/α-hetero) is 1. The van der Waals surface area contributed by atoms with Crippen LogP contribution in [0.3, 0.4) is 0 Å². The average molecular weight is 302 g/mol. The van der Waals surface area contributed by atoms with E-state index in [0.29, 0.717) is 17.0 Å². The van der Waals surface area contributed by atoms with E-state index in [2.05, 4.69) is 10.3 Å². The van der Waals surface area contributed by atoms with Gasteiger partial charge in [-0.25, -0.2) is 4.98 Å². The molecule has 2 rings (SSSR count). The Morgan fingerprint density at radius 3 is 2.52 bits per heavy atom. The number of carbonyl (C=O) groups excluding carboxylic acids is 2. The number of amides is 1. The molecule has 5 heteroatoms. The predicted octanol–water partition coefficient (Wildman–Crippen LogP) is 3.19. The summed E-state index contributed by atoms with van der Waals surface area (Å²) >= 11 is 1.41. The lowest BCUT2D eigenvalue weighted by Gasteiger charge is -2.10. The molecule has 4 nitrogen and oxygen atoms in total. The summed E-state index contributed by atoms with van der Waals surface area (Å²) in [4.78, 5) is 28.6. The van der Waals surface area contributed by atoms with E-state index in [4.69, 9.17) is 0 Å². The van der Waals surface area contributed by atoms with E-state index in [1.54, 1.807) is 19.1 Å². The first-order valence-corrected chi connectivity index (χ1v) is 7.62. The normalized spacial score (nSPS) is 12.0. The Kier molecular flexibility index (Phi) is 4.85. The monoisotopic (exact) mass is 302 g/mol. The van der Waals surface area contributed by atoms with E-state index in [1.165, 1.54) is 11.3 Å². The zero-order valence-electron chi connectivity index (χ0n) is 12.3. The Labute approximate surface area is 128 Å². The number of aromatic nitrogens is 1. The molecule has 1 atom stereocenters. The smallest absolute Gasteiger partial charge is 0.251 e. The highest BCUT2D eigenvalue weighted by molar-refractivity contribution is 7.13. The maximum Gasteiger partial charge on any atom is 0.251 e. The summed E-state index contributed by atoms with van der Waals surface area (Å²) in [6.45, 7) is 5.88. The first kappa shape index (κ1) is 15.4. The van der Waals surface area contributed by atoms with Crippen molar-refractivity contribution in [3.8, 4) is 0 Å². The molecular weight excluding hydrogens is 284 g/mol. The van der Waals surface area contributed by atoms with Gasteiger partial charge in [-0.15, -0.1) is 11.3 Å². The average Bonchev–Trinajstić information content (AvgIpc) is 2.87. The van der Waals surface area contributed by atoms with Crippen molar-refractivity contribution < 1.29 is 9.59 Å². The van der Waals surface area contributed by atoms with Gasteiger partial charge in [0.1, 0.15) is 0 Å². The van der Waals surface area contributed by atoms with Gasteiger partial charge >= 0.3 is 0 Å². The van der Waals surface area contributed by atoms with Gasteiger partial charge < -0.3 is 5.32 Å². The number of benzene rings is 1. The summed E-state index contributed by atoms with van der Waals surface area (Å²) in [7, 11) is 0. The second-order valence-electron chi connectivity index (χ2n) is 5.00. The Morgan fingerprint density at radius 2 is 1.95 bits per heavy atom. The number of hydrogen-bond donors (Lipinski definition) is 1. The highest BCUT2D eigenvalue weighted by atomic mass is 32.1. The Morgan fingerprint density at radius 1 is 1.29 bits per heavy atom. The number of ketones is 1. The van der Waals surface area contributed by atoms with Crippen molar-refractivity contribution in [2.75, 3.05) is 6.54 Å². The van der Waals surface area contributed by atoms with Gasteiger partial charge in [-0.2, -0.15) is 0 Å². The van der Waals surface area contributed by atoms with Crippen molar-refractivity contribution in [1.82, 2.24) is 10.3 Å². The van der Waals surface area contributed by atoms with Gasteiger partial charge in [-0.05, 0) is 19.1 Å². The molecule has 110 valence electrons. The van der Waals surface area contributed by atoms with Gasteiger partial charge in [0.15, 0.2) is 5.78 Å². The highest BCUT2D eigenvalue weighted by Gasteiger charge is 2.17. The van der Waals surface area contributed by atoms with Gasteiger partial charge in [0.25, 0.3) is 5.91 Å². The third-order valence-corrected chi connectivity index (χ3v) is 4.65. The van der Waals surface area contributed by atoms with E-state index >= 15 is 0 Å². The predicted molar refractivity (Wildman–Crippen MR) is 84.0 cm³/mol. The van der Waals surface area contributed by atoms with Crippen molar-refractivity contribution in [3.05, 3.63) is 51.5 Å². The summed E-state index contributed by atoms with van der Waals surface area (Å²) in [5, 5.41) is 3.78. The second kappa shape index (κ2) is 6.63. The van der Waals surface area contributed by atoms with Crippen LogP contribution in [-0.2, 0) is 0 Å². The van der Waals surface area contributed by atoms with Crippen LogP contribution in [-0.4, -0.2) is 23.2 Å². The number of hydrogen-bond acceptors (Lipinski definition) is 4. The second-order valence-corrected chi connectivity index (χ2v) is 6.03. The number of aryl methyl sites for hydroxylation is 1. The first-order chi connectivity index (χ1) is 9.99. The first-order valence-electron chi connectivity index (χ1n) is 6.80. The van der Waals surface area contributed by atoms with Gasteiger partial charge in [0.2, 0.25) is 0 Å². The fourth-order valence-corrected chi connectivity index (χ4v) is 2.99. The molecule has 0 fully saturated rings. The van der Waals surface area contributed by atoms with Crippen LogP contribution in [0.1, 0.15) is 50.5 Å². The molecule has 0 saturated heterocycles. The minimum Gasteiger partial charge on any atom is -0.351 e. The molecule has 1 unspecified atom stereocenters. The van der Waals surface area contributed by atoms with E-state index < -0.39 is 0 Å². The third kappa shape index (κ3) is 3.76. The molecule has 1 amide bonds. The molecule has 0 saturated carbocycles. The lowest BCUT2D eigenvalue weighted by Crippen LogP contribution is -2.27. The molecule has 0 bridgehead atoms. The standard InChI is InChI=1S/C16H18N2O2S/c1-10(16-18-11(2)14(21-16)12(3)19)9-17-15(20)13-7-5-4-6-8-13/h4-8,10H,9H2,1-3H3,(H,17,20). The number of nitrogens with one attached hydrogen (secondary N) is 1. The zero-order chi connectivity index (χ0) is 15.4. The number of carbonyl (C=O) groups is 2. The Balaban J connectivity index is 1.99. The quantitative estimate of drug-likeness (QED) is 0.863. The third-order valence-electron chi connectivity index (χ3n) is 3.16. The van der Waals surface area contributed by atoms with Gasteiger partial charge in [-0.3, -0.25) is 9.59 Å². The Hall–Kier alpha value is -2.01. The van der Waals surface area contributed by atoms with Gasteiger partial charge in [0.05, 0.1) is 15.6 Å². The maximum atomic E-state index is 12.0. The molecule has 1 aromatic carbocycles. The summed E-state index contributed by atoms with van der Waals surface area (Å²) in [5.41, 5.74) is 1.41. The molecule has 1 heterocycles. The summed E-state index contributed by atoms with van der Waals surface area (Å²) in [6.07, 6.45) is 0. The van der Waals surface area contributed by atoms with Crippen LogP contribution >= 0.6 is 11.3 Å². The van der Waals surface area contributed by atoms with E-state index in [-0.39, 0.29) is 17.6 Å². The molecule has 0 spiro atoms. The summed E-state index contributed by atoms with van der Waals surface area (Å²) in [6, 6.07) is 9.10. The van der Waals surface area contributed by atoms with Crippen molar-refractivity contribution in [2.45, 2.75) is 26.7 Å². The van der Waals surface area contributed by atoms with Crippen molar-refractivity contribution in [1.29, 1.82) is 0 Å². The lowest BCUT2D eigenvalue weighted by molar-refractivity contribution is 0.0950. The van der Waals surface area contributed by atoms with Crippen LogP contribution in [0.4, 0.5) is 0 Å². The molecule has 21 heavy (non-hydrogen) atoms. The number of nitrogens with zero attached hydrogens (tertiary/aromatic N) is 1. The number of rotatable bonds is 5. The summed E-state index contributed by atoms with van der Waals surface area (Å²) < 4.78 is 0. The molecule has 0 aliphatic rings. The molecule has 2 aromatic rings. The SMILES string of the molecule is CC(=O)c1sc(C(C)CNC(=O)c2ccccc2)nc1C. The van der Waals surface area contributed by atoms with Crippen LogP contribution in [0.5, 0.6) is 0 Å². The molecular formula is C16H18N2O2S. The number of thiazole rings is 1. The van der Waals surface area contributed by atoms with Crippen LogP contribution in [0.25, 0.3) is 0 Å². The molecule has 1 N–H and O–H groups in total. The van der Waals surface area contributed by atoms with Crippen molar-refractivity contribution in [3.63, 3.8) is 0 Å². The molecule has 0 aliphatic carbocycles. The minimum atomic E-state index is -0.0949. The van der Waals surface area contributed by atoms with Crippen LogP contribution in [0.15, 0.2) is 30.3 Å². The summed E-state index contributed by atoms with van der Waals surface area (Å²) in [5.74, 6) is 0.0220.